The molecule has 1 aromatic rings. The first-order chi connectivity index (χ1) is 7.70. The van der Waals surface area contributed by atoms with Crippen molar-refractivity contribution < 1.29 is 5.11 Å². The van der Waals surface area contributed by atoms with Gasteiger partial charge in [-0.1, -0.05) is 17.7 Å². The Labute approximate surface area is 97.9 Å². The molecule has 1 saturated heterocycles. The van der Waals surface area contributed by atoms with E-state index in [-0.39, 0.29) is 0 Å². The predicted molar refractivity (Wildman–Crippen MR) is 67.9 cm³/mol. The Balaban J connectivity index is 2.08. The lowest BCUT2D eigenvalue weighted by molar-refractivity contribution is 0.263. The number of nitrogens with zero attached hydrogens (tertiary/aromatic N) is 1. The van der Waals surface area contributed by atoms with E-state index in [1.807, 2.05) is 0 Å². The number of rotatable bonds is 3. The van der Waals surface area contributed by atoms with Crippen molar-refractivity contribution in [3.8, 4) is 0 Å². The van der Waals surface area contributed by atoms with Crippen molar-refractivity contribution in [1.82, 2.24) is 0 Å². The van der Waals surface area contributed by atoms with Gasteiger partial charge in [-0.3, -0.25) is 0 Å². The van der Waals surface area contributed by atoms with Crippen LogP contribution in [-0.2, 0) is 0 Å². The van der Waals surface area contributed by atoms with E-state index < -0.39 is 0 Å². The summed E-state index contributed by atoms with van der Waals surface area (Å²) in [6.07, 6.45) is 2.16. The van der Waals surface area contributed by atoms with E-state index in [1.165, 1.54) is 23.2 Å². The van der Waals surface area contributed by atoms with Gasteiger partial charge in [-0.05, 0) is 44.2 Å². The Morgan fingerprint density at radius 1 is 1.38 bits per heavy atom. The standard InChI is InChI=1S/C14H21NO/c1-11-3-4-14(12(2)9-11)15-7-5-13(10-15)6-8-16/h3-4,9,13,16H,5-8,10H2,1-2H3. The molecule has 2 rings (SSSR count). The molecule has 0 aromatic heterocycles. The van der Waals surface area contributed by atoms with E-state index in [0.29, 0.717) is 12.5 Å². The number of aryl methyl sites for hydroxylation is 2. The van der Waals surface area contributed by atoms with Crippen LogP contribution >= 0.6 is 0 Å². The third kappa shape index (κ3) is 2.38. The van der Waals surface area contributed by atoms with Gasteiger partial charge in [0, 0.05) is 25.4 Å². The van der Waals surface area contributed by atoms with Gasteiger partial charge in [0.2, 0.25) is 0 Å². The molecule has 2 heteroatoms. The van der Waals surface area contributed by atoms with Crippen molar-refractivity contribution in [2.45, 2.75) is 26.7 Å². The molecular formula is C14H21NO. The molecule has 1 fully saturated rings. The molecule has 16 heavy (non-hydrogen) atoms. The van der Waals surface area contributed by atoms with Crippen molar-refractivity contribution in [3.05, 3.63) is 29.3 Å². The zero-order valence-corrected chi connectivity index (χ0v) is 10.2. The van der Waals surface area contributed by atoms with Crippen molar-refractivity contribution in [2.75, 3.05) is 24.6 Å². The lowest BCUT2D eigenvalue weighted by Crippen LogP contribution is -2.20. The highest BCUT2D eigenvalue weighted by molar-refractivity contribution is 5.55. The summed E-state index contributed by atoms with van der Waals surface area (Å²) in [4.78, 5) is 2.45. The summed E-state index contributed by atoms with van der Waals surface area (Å²) in [7, 11) is 0. The normalized spacial score (nSPS) is 20.4. The average molecular weight is 219 g/mol. The van der Waals surface area contributed by atoms with Crippen molar-refractivity contribution >= 4 is 5.69 Å². The van der Waals surface area contributed by atoms with Gasteiger partial charge >= 0.3 is 0 Å². The van der Waals surface area contributed by atoms with E-state index in [9.17, 15) is 0 Å². The molecule has 0 amide bonds. The molecule has 0 spiro atoms. The molecule has 1 unspecified atom stereocenters. The number of aliphatic hydroxyl groups excluding tert-OH is 1. The van der Waals surface area contributed by atoms with E-state index in [2.05, 4.69) is 36.9 Å². The van der Waals surface area contributed by atoms with Gasteiger partial charge in [-0.2, -0.15) is 0 Å². The summed E-state index contributed by atoms with van der Waals surface area (Å²) in [5, 5.41) is 8.96. The second kappa shape index (κ2) is 4.88. The quantitative estimate of drug-likeness (QED) is 0.844. The Morgan fingerprint density at radius 2 is 2.19 bits per heavy atom. The van der Waals surface area contributed by atoms with E-state index in [4.69, 9.17) is 5.11 Å². The van der Waals surface area contributed by atoms with Crippen LogP contribution in [0.3, 0.4) is 0 Å². The zero-order chi connectivity index (χ0) is 11.5. The zero-order valence-electron chi connectivity index (χ0n) is 10.2. The summed E-state index contributed by atoms with van der Waals surface area (Å²) in [5.41, 5.74) is 4.06. The Hall–Kier alpha value is -1.02. The highest BCUT2D eigenvalue weighted by Crippen LogP contribution is 2.28. The first kappa shape index (κ1) is 11.5. The van der Waals surface area contributed by atoms with Crippen LogP contribution in [0.15, 0.2) is 18.2 Å². The maximum atomic E-state index is 8.96. The van der Waals surface area contributed by atoms with E-state index in [1.54, 1.807) is 0 Å². The van der Waals surface area contributed by atoms with Crippen LogP contribution in [0.4, 0.5) is 5.69 Å². The molecular weight excluding hydrogens is 198 g/mol. The molecule has 1 aliphatic rings. The molecule has 2 nitrogen and oxygen atoms in total. The van der Waals surface area contributed by atoms with Crippen LogP contribution in [0.25, 0.3) is 0 Å². The average Bonchev–Trinajstić information content (AvgIpc) is 2.67. The molecule has 0 aliphatic carbocycles. The van der Waals surface area contributed by atoms with Crippen LogP contribution < -0.4 is 4.90 Å². The first-order valence-electron chi connectivity index (χ1n) is 6.14. The second-order valence-electron chi connectivity index (χ2n) is 4.90. The Bertz CT molecular complexity index is 362. The van der Waals surface area contributed by atoms with Crippen molar-refractivity contribution in [1.29, 1.82) is 0 Å². The van der Waals surface area contributed by atoms with Gasteiger partial charge in [0.15, 0.2) is 0 Å². The number of aliphatic hydroxyl groups is 1. The Kier molecular flexibility index (Phi) is 3.49. The highest BCUT2D eigenvalue weighted by atomic mass is 16.3. The monoisotopic (exact) mass is 219 g/mol. The van der Waals surface area contributed by atoms with Gasteiger partial charge < -0.3 is 10.0 Å². The third-order valence-corrected chi connectivity index (χ3v) is 3.52. The molecule has 1 atom stereocenters. The molecule has 1 aromatic carbocycles. The second-order valence-corrected chi connectivity index (χ2v) is 4.90. The SMILES string of the molecule is Cc1ccc(N2CCC(CCO)C2)c(C)c1. The summed E-state index contributed by atoms with van der Waals surface area (Å²) in [6, 6.07) is 6.66. The van der Waals surface area contributed by atoms with Crippen LogP contribution in [0, 0.1) is 19.8 Å². The third-order valence-electron chi connectivity index (χ3n) is 3.52. The fourth-order valence-electron chi connectivity index (χ4n) is 2.63. The minimum Gasteiger partial charge on any atom is -0.396 e. The van der Waals surface area contributed by atoms with Gasteiger partial charge in [0.05, 0.1) is 0 Å². The van der Waals surface area contributed by atoms with Crippen molar-refractivity contribution in [3.63, 3.8) is 0 Å². The molecule has 88 valence electrons. The van der Waals surface area contributed by atoms with E-state index in [0.717, 1.165) is 19.5 Å². The lowest BCUT2D eigenvalue weighted by Gasteiger charge is -2.21. The summed E-state index contributed by atoms with van der Waals surface area (Å²) in [5.74, 6) is 0.672. The largest absolute Gasteiger partial charge is 0.396 e. The predicted octanol–water partition coefficient (Wildman–Crippen LogP) is 2.51. The number of hydrogen-bond donors (Lipinski definition) is 1. The minimum atomic E-state index is 0.325. The maximum absolute atomic E-state index is 8.96. The fraction of sp³-hybridized carbons (Fsp3) is 0.571. The molecule has 0 bridgehead atoms. The minimum absolute atomic E-state index is 0.325. The first-order valence-corrected chi connectivity index (χ1v) is 6.14. The molecule has 0 saturated carbocycles. The highest BCUT2D eigenvalue weighted by Gasteiger charge is 2.22. The molecule has 1 aliphatic heterocycles. The molecule has 1 heterocycles. The molecule has 1 N–H and O–H groups in total. The number of benzene rings is 1. The number of hydrogen-bond acceptors (Lipinski definition) is 2. The number of anilines is 1. The summed E-state index contributed by atoms with van der Waals surface area (Å²) >= 11 is 0. The smallest absolute Gasteiger partial charge is 0.0434 e. The van der Waals surface area contributed by atoms with Crippen LogP contribution in [0.1, 0.15) is 24.0 Å². The van der Waals surface area contributed by atoms with Crippen molar-refractivity contribution in [2.24, 2.45) is 5.92 Å². The summed E-state index contributed by atoms with van der Waals surface area (Å²) in [6.45, 7) is 6.88. The van der Waals surface area contributed by atoms with E-state index >= 15 is 0 Å². The lowest BCUT2D eigenvalue weighted by atomic mass is 10.1. The summed E-state index contributed by atoms with van der Waals surface area (Å²) < 4.78 is 0. The fourth-order valence-corrected chi connectivity index (χ4v) is 2.63. The Morgan fingerprint density at radius 3 is 2.88 bits per heavy atom. The van der Waals surface area contributed by atoms with Gasteiger partial charge in [-0.15, -0.1) is 0 Å². The maximum Gasteiger partial charge on any atom is 0.0434 e. The van der Waals surface area contributed by atoms with Crippen LogP contribution in [-0.4, -0.2) is 24.8 Å². The molecule has 0 radical (unpaired) electrons. The van der Waals surface area contributed by atoms with Gasteiger partial charge in [-0.25, -0.2) is 0 Å². The van der Waals surface area contributed by atoms with Crippen LogP contribution in [0.5, 0.6) is 0 Å². The topological polar surface area (TPSA) is 23.5 Å². The van der Waals surface area contributed by atoms with Gasteiger partial charge in [0.1, 0.15) is 0 Å². The van der Waals surface area contributed by atoms with Gasteiger partial charge in [0.25, 0.3) is 0 Å². The van der Waals surface area contributed by atoms with Crippen LogP contribution in [0.2, 0.25) is 0 Å².